The normalized spacial score (nSPS) is 23.6. The Morgan fingerprint density at radius 1 is 1.19 bits per heavy atom. The van der Waals surface area contributed by atoms with Crippen LogP contribution in [0.4, 0.5) is 0 Å². The maximum atomic E-state index is 12.8. The second kappa shape index (κ2) is 4.44. The first-order chi connectivity index (χ1) is 9.68. The van der Waals surface area contributed by atoms with Crippen LogP contribution in [0.3, 0.4) is 0 Å². The first-order valence-electron chi connectivity index (χ1n) is 7.43. The monoisotopic (exact) mass is 286 g/mol. The molecule has 0 radical (unpaired) electrons. The van der Waals surface area contributed by atoms with Gasteiger partial charge in [0.2, 0.25) is 5.78 Å². The molecule has 21 heavy (non-hydrogen) atoms. The van der Waals surface area contributed by atoms with Gasteiger partial charge in [0.1, 0.15) is 5.58 Å². The SMILES string of the molecule is Cc1ccc2oc(C(=O)C3CC(C)(C)OC3(C)C)cc2c1. The van der Waals surface area contributed by atoms with E-state index in [9.17, 15) is 4.79 Å². The highest BCUT2D eigenvalue weighted by atomic mass is 16.5. The number of ketones is 1. The molecule has 3 rings (SSSR count). The minimum Gasteiger partial charge on any atom is -0.453 e. The number of hydrogen-bond acceptors (Lipinski definition) is 3. The minimum atomic E-state index is -0.463. The number of furan rings is 1. The molecule has 0 spiro atoms. The highest BCUT2D eigenvalue weighted by Gasteiger charge is 2.50. The first kappa shape index (κ1) is 14.3. The topological polar surface area (TPSA) is 39.4 Å². The summed E-state index contributed by atoms with van der Waals surface area (Å²) in [6.07, 6.45) is 0.717. The fourth-order valence-electron chi connectivity index (χ4n) is 3.43. The summed E-state index contributed by atoms with van der Waals surface area (Å²) in [4.78, 5) is 12.8. The molecule has 1 unspecified atom stereocenters. The Morgan fingerprint density at radius 2 is 1.90 bits per heavy atom. The summed E-state index contributed by atoms with van der Waals surface area (Å²) >= 11 is 0. The van der Waals surface area contributed by atoms with Crippen LogP contribution in [-0.4, -0.2) is 17.0 Å². The van der Waals surface area contributed by atoms with Crippen molar-refractivity contribution in [3.05, 3.63) is 35.6 Å². The molecule has 1 aromatic heterocycles. The average molecular weight is 286 g/mol. The Hall–Kier alpha value is -1.61. The maximum Gasteiger partial charge on any atom is 0.204 e. The van der Waals surface area contributed by atoms with Crippen LogP contribution in [0.25, 0.3) is 11.0 Å². The molecule has 0 N–H and O–H groups in total. The standard InChI is InChI=1S/C18H22O3/c1-11-6-7-14-12(8-11)9-15(20-14)16(19)13-10-17(2,3)21-18(13,4)5/h6-9,13H,10H2,1-5H3. The molecule has 2 heterocycles. The van der Waals surface area contributed by atoms with Gasteiger partial charge in [-0.1, -0.05) is 11.6 Å². The predicted molar refractivity (Wildman–Crippen MR) is 82.6 cm³/mol. The Kier molecular flexibility index (Phi) is 3.03. The van der Waals surface area contributed by atoms with Gasteiger partial charge in [-0.2, -0.15) is 0 Å². The third-order valence-electron chi connectivity index (χ3n) is 4.31. The van der Waals surface area contributed by atoms with Crippen molar-refractivity contribution in [1.29, 1.82) is 0 Å². The molecule has 1 fully saturated rings. The third-order valence-corrected chi connectivity index (χ3v) is 4.31. The van der Waals surface area contributed by atoms with Gasteiger partial charge in [-0.3, -0.25) is 4.79 Å². The predicted octanol–water partition coefficient (Wildman–Crippen LogP) is 4.52. The Bertz CT molecular complexity index is 706. The van der Waals surface area contributed by atoms with Gasteiger partial charge in [0.15, 0.2) is 5.76 Å². The fraction of sp³-hybridized carbons (Fsp3) is 0.500. The second-order valence-corrected chi connectivity index (χ2v) is 7.24. The average Bonchev–Trinajstić information content (AvgIpc) is 2.85. The molecule has 3 nitrogen and oxygen atoms in total. The van der Waals surface area contributed by atoms with Gasteiger partial charge < -0.3 is 9.15 Å². The molecule has 1 aromatic carbocycles. The maximum absolute atomic E-state index is 12.8. The summed E-state index contributed by atoms with van der Waals surface area (Å²) < 4.78 is 11.8. The first-order valence-corrected chi connectivity index (χ1v) is 7.43. The van der Waals surface area contributed by atoms with E-state index < -0.39 is 5.60 Å². The number of aryl methyl sites for hydroxylation is 1. The van der Waals surface area contributed by atoms with Crippen molar-refractivity contribution in [2.75, 3.05) is 0 Å². The lowest BCUT2D eigenvalue weighted by Crippen LogP contribution is -2.33. The lowest BCUT2D eigenvalue weighted by molar-refractivity contribution is -0.0713. The van der Waals surface area contributed by atoms with Crippen LogP contribution >= 0.6 is 0 Å². The number of hydrogen-bond donors (Lipinski definition) is 0. The number of Topliss-reactive ketones (excluding diaryl/α,β-unsaturated/α-hetero) is 1. The van der Waals surface area contributed by atoms with Gasteiger partial charge in [0.25, 0.3) is 0 Å². The summed E-state index contributed by atoms with van der Waals surface area (Å²) in [5, 5.41) is 0.981. The zero-order chi connectivity index (χ0) is 15.4. The van der Waals surface area contributed by atoms with Crippen molar-refractivity contribution in [2.24, 2.45) is 5.92 Å². The number of benzene rings is 1. The Labute approximate surface area is 125 Å². The van der Waals surface area contributed by atoms with Crippen LogP contribution in [0.2, 0.25) is 0 Å². The molecule has 0 bridgehead atoms. The number of rotatable bonds is 2. The highest BCUT2D eigenvalue weighted by molar-refractivity contribution is 6.00. The van der Waals surface area contributed by atoms with Gasteiger partial charge >= 0.3 is 0 Å². The molecule has 0 amide bonds. The molecule has 1 aliphatic heterocycles. The minimum absolute atomic E-state index is 0.0411. The van der Waals surface area contributed by atoms with Crippen molar-refractivity contribution in [3.8, 4) is 0 Å². The zero-order valence-electron chi connectivity index (χ0n) is 13.3. The van der Waals surface area contributed by atoms with E-state index in [1.807, 2.05) is 58.9 Å². The highest BCUT2D eigenvalue weighted by Crippen LogP contribution is 2.43. The van der Waals surface area contributed by atoms with Crippen LogP contribution in [0.1, 0.15) is 50.2 Å². The summed E-state index contributed by atoms with van der Waals surface area (Å²) in [7, 11) is 0. The van der Waals surface area contributed by atoms with E-state index in [1.165, 1.54) is 0 Å². The third kappa shape index (κ3) is 2.51. The van der Waals surface area contributed by atoms with E-state index in [0.717, 1.165) is 23.0 Å². The smallest absolute Gasteiger partial charge is 0.204 e. The largest absolute Gasteiger partial charge is 0.453 e. The molecule has 0 saturated carbocycles. The number of carbonyl (C=O) groups excluding carboxylic acids is 1. The van der Waals surface area contributed by atoms with Crippen molar-refractivity contribution < 1.29 is 13.9 Å². The van der Waals surface area contributed by atoms with Crippen LogP contribution in [0.15, 0.2) is 28.7 Å². The van der Waals surface area contributed by atoms with Gasteiger partial charge in [-0.25, -0.2) is 0 Å². The van der Waals surface area contributed by atoms with Crippen molar-refractivity contribution in [1.82, 2.24) is 0 Å². The van der Waals surface area contributed by atoms with Gasteiger partial charge in [0.05, 0.1) is 17.1 Å². The Balaban J connectivity index is 1.97. The van der Waals surface area contributed by atoms with Crippen LogP contribution in [-0.2, 0) is 4.74 Å². The summed E-state index contributed by atoms with van der Waals surface area (Å²) in [5.74, 6) is 0.309. The molecule has 3 heteroatoms. The molecular weight excluding hydrogens is 264 g/mol. The lowest BCUT2D eigenvalue weighted by Gasteiger charge is -2.26. The molecule has 1 aliphatic rings. The van der Waals surface area contributed by atoms with E-state index in [-0.39, 0.29) is 17.3 Å². The number of carbonyl (C=O) groups is 1. The summed E-state index contributed by atoms with van der Waals surface area (Å²) in [6.45, 7) is 10.1. The Morgan fingerprint density at radius 3 is 2.52 bits per heavy atom. The molecule has 2 aromatic rings. The van der Waals surface area contributed by atoms with E-state index >= 15 is 0 Å². The molecule has 1 atom stereocenters. The van der Waals surface area contributed by atoms with Gasteiger partial charge in [-0.15, -0.1) is 0 Å². The molecule has 1 saturated heterocycles. The van der Waals surface area contributed by atoms with Gasteiger partial charge in [0, 0.05) is 5.39 Å². The van der Waals surface area contributed by atoms with Gasteiger partial charge in [-0.05, 0) is 59.2 Å². The summed E-state index contributed by atoms with van der Waals surface area (Å²) in [6, 6.07) is 7.80. The van der Waals surface area contributed by atoms with Crippen LogP contribution in [0, 0.1) is 12.8 Å². The zero-order valence-corrected chi connectivity index (χ0v) is 13.3. The van der Waals surface area contributed by atoms with E-state index in [4.69, 9.17) is 9.15 Å². The number of ether oxygens (including phenoxy) is 1. The van der Waals surface area contributed by atoms with E-state index in [2.05, 4.69) is 0 Å². The molecule has 0 aliphatic carbocycles. The quantitative estimate of drug-likeness (QED) is 0.762. The fourth-order valence-corrected chi connectivity index (χ4v) is 3.43. The van der Waals surface area contributed by atoms with Crippen LogP contribution in [0.5, 0.6) is 0 Å². The second-order valence-electron chi connectivity index (χ2n) is 7.24. The van der Waals surface area contributed by atoms with Crippen molar-refractivity contribution >= 4 is 16.8 Å². The lowest BCUT2D eigenvalue weighted by atomic mass is 9.83. The number of fused-ring (bicyclic) bond motifs is 1. The van der Waals surface area contributed by atoms with Crippen LogP contribution < -0.4 is 0 Å². The van der Waals surface area contributed by atoms with E-state index in [1.54, 1.807) is 0 Å². The molecule has 112 valence electrons. The summed E-state index contributed by atoms with van der Waals surface area (Å²) in [5.41, 5.74) is 1.19. The van der Waals surface area contributed by atoms with Crippen molar-refractivity contribution in [3.63, 3.8) is 0 Å². The molecular formula is C18H22O3. The van der Waals surface area contributed by atoms with E-state index in [0.29, 0.717) is 5.76 Å². The van der Waals surface area contributed by atoms with Crippen molar-refractivity contribution in [2.45, 2.75) is 52.2 Å².